The van der Waals surface area contributed by atoms with Crippen molar-refractivity contribution in [2.75, 3.05) is 26.2 Å². The summed E-state index contributed by atoms with van der Waals surface area (Å²) in [7, 11) is 0. The third-order valence-corrected chi connectivity index (χ3v) is 15.6. The lowest BCUT2D eigenvalue weighted by Gasteiger charge is -2.62. The lowest BCUT2D eigenvalue weighted by Crippen LogP contribution is -2.66. The number of carbonyl (C=O) groups excluding carboxylic acids is 2. The second-order valence-electron chi connectivity index (χ2n) is 21.5. The number of nitrogens with one attached hydrogen (secondary N) is 3. The highest BCUT2D eigenvalue weighted by atomic mass is 16.6. The van der Waals surface area contributed by atoms with E-state index in [1.165, 1.54) is 62.5 Å². The molecule has 2 heterocycles. The molecule has 0 spiro atoms. The first-order valence-electron chi connectivity index (χ1n) is 23.0. The van der Waals surface area contributed by atoms with Gasteiger partial charge in [0.05, 0.1) is 5.41 Å². The van der Waals surface area contributed by atoms with E-state index in [0.29, 0.717) is 17.9 Å². The quantitative estimate of drug-likeness (QED) is 0.203. The molecule has 6 N–H and O–H groups in total. The molecule has 2 aromatic carbocycles. The van der Waals surface area contributed by atoms with Crippen molar-refractivity contribution in [3.05, 3.63) is 71.8 Å². The smallest absolute Gasteiger partial charge is 0.410 e. The maximum atomic E-state index is 12.8. The van der Waals surface area contributed by atoms with E-state index < -0.39 is 17.0 Å². The van der Waals surface area contributed by atoms with Crippen molar-refractivity contribution in [1.82, 2.24) is 20.9 Å². The lowest BCUT2D eigenvalue weighted by molar-refractivity contribution is -0.167. The van der Waals surface area contributed by atoms with E-state index in [1.54, 1.807) is 4.90 Å². The van der Waals surface area contributed by atoms with Crippen molar-refractivity contribution < 1.29 is 24.2 Å². The first-order chi connectivity index (χ1) is 28.2. The topological polar surface area (TPSA) is 146 Å². The molecule has 330 valence electrons. The zero-order valence-corrected chi connectivity index (χ0v) is 36.0. The maximum Gasteiger partial charge on any atom is 0.410 e. The summed E-state index contributed by atoms with van der Waals surface area (Å²) in [6.07, 6.45) is 17.5. The molecule has 2 aromatic rings. The van der Waals surface area contributed by atoms with Crippen molar-refractivity contribution in [2.24, 2.45) is 34.8 Å². The molecule has 10 aliphatic rings. The van der Waals surface area contributed by atoms with Crippen LogP contribution in [0.4, 0.5) is 9.59 Å². The molecule has 2 aliphatic heterocycles. The van der Waals surface area contributed by atoms with Crippen molar-refractivity contribution >= 4 is 18.1 Å². The largest absolute Gasteiger partial charge is 0.481 e. The molecule has 12 rings (SSSR count). The van der Waals surface area contributed by atoms with E-state index in [0.717, 1.165) is 89.4 Å². The normalized spacial score (nSPS) is 35.2. The summed E-state index contributed by atoms with van der Waals surface area (Å²) in [6.45, 7) is 9.09. The maximum absolute atomic E-state index is 12.8. The second-order valence-corrected chi connectivity index (χ2v) is 21.5. The summed E-state index contributed by atoms with van der Waals surface area (Å²) < 4.78 is 5.26. The Bertz CT molecular complexity index is 1750. The number of nitrogens with zero attached hydrogens (tertiary/aromatic N) is 1. The number of amides is 3. The van der Waals surface area contributed by atoms with E-state index in [4.69, 9.17) is 10.5 Å². The molecule has 0 aromatic heterocycles. The minimum atomic E-state index is -0.540. The van der Waals surface area contributed by atoms with Crippen LogP contribution in [0.15, 0.2) is 60.7 Å². The third kappa shape index (κ3) is 9.70. The number of aliphatic carboxylic acids is 1. The molecule has 10 nitrogen and oxygen atoms in total. The molecule has 4 unspecified atom stereocenters. The zero-order valence-electron chi connectivity index (χ0n) is 36.0. The SMILES string of the molecule is C.CC(C)(C)OC(=O)N1CCC(N)CC1.O=C(NC1CCNCC1)NC12CC3CC(C1)CC(c1ccccc1)(C3)C2.O=C(O)C12CC3CC(C1)CC(c1ccccc1)(C3)C2. The highest BCUT2D eigenvalue weighted by Gasteiger charge is 2.61. The monoisotopic (exact) mass is 826 g/mol. The number of ether oxygens (including phenoxy) is 1. The van der Waals surface area contributed by atoms with Crippen LogP contribution in [0.25, 0.3) is 0 Å². The Kier molecular flexibility index (Phi) is 13.0. The molecular formula is C50H75N5O5. The number of carbonyl (C=O) groups is 3. The van der Waals surface area contributed by atoms with E-state index in [1.807, 2.05) is 20.8 Å². The molecule has 8 saturated carbocycles. The fourth-order valence-corrected chi connectivity index (χ4v) is 14.0. The first-order valence-corrected chi connectivity index (χ1v) is 23.0. The van der Waals surface area contributed by atoms with Gasteiger partial charge in [0.15, 0.2) is 0 Å². The van der Waals surface area contributed by atoms with Gasteiger partial charge in [0.1, 0.15) is 5.60 Å². The van der Waals surface area contributed by atoms with Gasteiger partial charge in [0.25, 0.3) is 0 Å². The number of likely N-dealkylation sites (tertiary alicyclic amines) is 1. The van der Waals surface area contributed by atoms with E-state index in [2.05, 4.69) is 76.6 Å². The zero-order chi connectivity index (χ0) is 41.5. The van der Waals surface area contributed by atoms with Gasteiger partial charge in [-0.3, -0.25) is 4.79 Å². The number of hydrogen-bond donors (Lipinski definition) is 5. The summed E-state index contributed by atoms with van der Waals surface area (Å²) in [5.41, 5.74) is 8.26. The summed E-state index contributed by atoms with van der Waals surface area (Å²) in [6, 6.07) is 22.4. The number of urea groups is 1. The Hall–Kier alpha value is -3.63. The van der Waals surface area contributed by atoms with Crippen LogP contribution >= 0.6 is 0 Å². The summed E-state index contributed by atoms with van der Waals surface area (Å²) in [5.74, 6) is 2.28. The minimum Gasteiger partial charge on any atom is -0.481 e. The van der Waals surface area contributed by atoms with Gasteiger partial charge in [-0.15, -0.1) is 0 Å². The van der Waals surface area contributed by atoms with Gasteiger partial charge in [-0.25, -0.2) is 9.59 Å². The minimum absolute atomic E-state index is 0. The van der Waals surface area contributed by atoms with Gasteiger partial charge in [0.2, 0.25) is 0 Å². The number of piperidine rings is 2. The summed E-state index contributed by atoms with van der Waals surface area (Å²) in [5, 5.41) is 19.9. The number of nitrogens with two attached hydrogens (primary N) is 1. The number of carboxylic acids is 1. The highest BCUT2D eigenvalue weighted by molar-refractivity contribution is 5.76. The van der Waals surface area contributed by atoms with Gasteiger partial charge in [-0.1, -0.05) is 68.1 Å². The Morgan fingerprint density at radius 3 is 1.70 bits per heavy atom. The van der Waals surface area contributed by atoms with Gasteiger partial charge in [-0.05, 0) is 182 Å². The first kappa shape index (κ1) is 44.4. The predicted molar refractivity (Wildman–Crippen MR) is 238 cm³/mol. The third-order valence-electron chi connectivity index (χ3n) is 15.6. The molecular weight excluding hydrogens is 751 g/mol. The van der Waals surface area contributed by atoms with Crippen molar-refractivity contribution in [1.29, 1.82) is 0 Å². The van der Waals surface area contributed by atoms with E-state index in [9.17, 15) is 19.5 Å². The number of carboxylic acid groups (broad SMARTS) is 1. The molecule has 10 fully saturated rings. The van der Waals surface area contributed by atoms with Crippen molar-refractivity contribution in [3.8, 4) is 0 Å². The fraction of sp³-hybridized carbons (Fsp3) is 0.700. The molecule has 10 heteroatoms. The van der Waals surface area contributed by atoms with Crippen LogP contribution in [0, 0.1) is 29.1 Å². The number of rotatable bonds is 5. The fourth-order valence-electron chi connectivity index (χ4n) is 14.0. The highest BCUT2D eigenvalue weighted by Crippen LogP contribution is 2.66. The standard InChI is InChI=1S/C22H31N3O.C17H20O2.C10H20N2O2.CH4/c26-20(24-19-6-8-23-9-7-19)25-22-13-16-10-17(14-22)12-21(11-16,15-22)18-4-2-1-3-5-18;18-15(19)17-9-12-6-13(10-17)8-16(7-12,11-17)14-4-2-1-3-5-14;1-10(2,3)14-9(13)12-6-4-8(11)5-7-12;/h1-5,16-17,19,23H,6-15H2,(H2,24,25,26);1-5,12-13H,6-11H2,(H,18,19);8H,4-7,11H2,1-3H3;1H4. The van der Waals surface area contributed by atoms with Gasteiger partial charge >= 0.3 is 18.1 Å². The van der Waals surface area contributed by atoms with Gasteiger partial charge < -0.3 is 36.4 Å². The predicted octanol–water partition coefficient (Wildman–Crippen LogP) is 8.92. The van der Waals surface area contributed by atoms with Crippen LogP contribution in [0.2, 0.25) is 0 Å². The molecule has 60 heavy (non-hydrogen) atoms. The van der Waals surface area contributed by atoms with Crippen LogP contribution in [-0.4, -0.2) is 77.5 Å². The Morgan fingerprint density at radius 2 is 1.22 bits per heavy atom. The molecule has 8 bridgehead atoms. The summed E-state index contributed by atoms with van der Waals surface area (Å²) >= 11 is 0. The molecule has 4 atom stereocenters. The Labute approximate surface area is 359 Å². The van der Waals surface area contributed by atoms with Crippen LogP contribution in [-0.2, 0) is 20.4 Å². The Balaban J connectivity index is 0.000000142. The van der Waals surface area contributed by atoms with E-state index >= 15 is 0 Å². The van der Waals surface area contributed by atoms with Crippen molar-refractivity contribution in [3.63, 3.8) is 0 Å². The van der Waals surface area contributed by atoms with Crippen LogP contribution in [0.5, 0.6) is 0 Å². The average molecular weight is 826 g/mol. The van der Waals surface area contributed by atoms with Gasteiger partial charge in [0, 0.05) is 30.7 Å². The second kappa shape index (κ2) is 17.6. The lowest BCUT2D eigenvalue weighted by atomic mass is 9.43. The number of benzene rings is 2. The molecule has 3 amide bonds. The van der Waals surface area contributed by atoms with Crippen molar-refractivity contribution in [2.45, 2.75) is 165 Å². The van der Waals surface area contributed by atoms with E-state index in [-0.39, 0.29) is 42.0 Å². The van der Waals surface area contributed by atoms with Gasteiger partial charge in [-0.2, -0.15) is 0 Å². The number of hydrogen-bond acceptors (Lipinski definition) is 6. The van der Waals surface area contributed by atoms with Crippen LogP contribution < -0.4 is 21.7 Å². The molecule has 8 aliphatic carbocycles. The average Bonchev–Trinajstić information content (AvgIpc) is 3.18. The van der Waals surface area contributed by atoms with Crippen LogP contribution in [0.1, 0.15) is 142 Å². The summed E-state index contributed by atoms with van der Waals surface area (Å²) in [4.78, 5) is 37.9. The Morgan fingerprint density at radius 1 is 0.733 bits per heavy atom. The molecule has 0 radical (unpaired) electrons. The van der Waals surface area contributed by atoms with Crippen LogP contribution in [0.3, 0.4) is 0 Å². The molecule has 2 saturated heterocycles.